The predicted molar refractivity (Wildman–Crippen MR) is 122 cm³/mol. The van der Waals surface area contributed by atoms with E-state index in [4.69, 9.17) is 15.5 Å². The lowest BCUT2D eigenvalue weighted by molar-refractivity contribution is 0.462. The number of hydrogen-bond acceptors (Lipinski definition) is 7. The van der Waals surface area contributed by atoms with E-state index in [9.17, 15) is 0 Å². The average Bonchev–Trinajstić information content (AvgIpc) is 3.17. The number of pyridine rings is 2. The van der Waals surface area contributed by atoms with Crippen LogP contribution in [-0.2, 0) is 0 Å². The van der Waals surface area contributed by atoms with Crippen molar-refractivity contribution < 1.29 is 4.74 Å². The van der Waals surface area contributed by atoms with Gasteiger partial charge < -0.3 is 15.8 Å². The minimum absolute atomic E-state index is 0.487. The van der Waals surface area contributed by atoms with E-state index in [-0.39, 0.29) is 0 Å². The predicted octanol–water partition coefficient (Wildman–Crippen LogP) is 5.87. The van der Waals surface area contributed by atoms with Gasteiger partial charge in [0.05, 0.1) is 15.9 Å². The van der Waals surface area contributed by atoms with Gasteiger partial charge in [-0.05, 0) is 43.2 Å². The molecule has 4 aromatic rings. The van der Waals surface area contributed by atoms with E-state index < -0.39 is 0 Å². The molecule has 0 atom stereocenters. The van der Waals surface area contributed by atoms with E-state index >= 15 is 0 Å². The van der Waals surface area contributed by atoms with Gasteiger partial charge in [-0.1, -0.05) is 30.6 Å². The van der Waals surface area contributed by atoms with Crippen LogP contribution in [0, 0.1) is 0 Å². The number of benzene rings is 1. The van der Waals surface area contributed by atoms with Crippen LogP contribution in [0.5, 0.6) is 11.5 Å². The fraction of sp³-hybridized carbons (Fsp3) is 0.261. The van der Waals surface area contributed by atoms with Gasteiger partial charge in [0, 0.05) is 36.1 Å². The molecule has 0 amide bonds. The van der Waals surface area contributed by atoms with Crippen molar-refractivity contribution >= 4 is 32.5 Å². The van der Waals surface area contributed by atoms with E-state index in [2.05, 4.69) is 15.3 Å². The summed E-state index contributed by atoms with van der Waals surface area (Å²) in [5.74, 6) is 1.99. The number of anilines is 2. The number of nitrogens with two attached hydrogens (primary N) is 1. The Morgan fingerprint density at radius 3 is 2.67 bits per heavy atom. The highest BCUT2D eigenvalue weighted by molar-refractivity contribution is 7.22. The summed E-state index contributed by atoms with van der Waals surface area (Å²) in [6, 6.07) is 14.0. The van der Waals surface area contributed by atoms with Crippen molar-refractivity contribution in [1.29, 1.82) is 0 Å². The van der Waals surface area contributed by atoms with Gasteiger partial charge in [0.15, 0.2) is 5.13 Å². The summed E-state index contributed by atoms with van der Waals surface area (Å²) in [5, 5.41) is 4.61. The number of hydrogen-bond donors (Lipinski definition) is 2. The van der Waals surface area contributed by atoms with E-state index in [1.54, 1.807) is 29.8 Å². The topological polar surface area (TPSA) is 86.0 Å². The highest BCUT2D eigenvalue weighted by Gasteiger charge is 2.15. The van der Waals surface area contributed by atoms with Crippen LogP contribution in [0.2, 0.25) is 0 Å². The van der Waals surface area contributed by atoms with E-state index in [0.717, 1.165) is 38.1 Å². The molecule has 1 saturated carbocycles. The monoisotopic (exact) mass is 417 g/mol. The molecule has 0 radical (unpaired) electrons. The molecule has 3 aromatic heterocycles. The van der Waals surface area contributed by atoms with Gasteiger partial charge in [0.25, 0.3) is 0 Å². The van der Waals surface area contributed by atoms with Crippen LogP contribution in [0.25, 0.3) is 21.5 Å². The van der Waals surface area contributed by atoms with Gasteiger partial charge in [0.1, 0.15) is 17.3 Å². The molecule has 7 heteroatoms. The molecule has 0 spiro atoms. The Hall–Kier alpha value is -3.19. The lowest BCUT2D eigenvalue weighted by Gasteiger charge is -2.22. The second-order valence-electron chi connectivity index (χ2n) is 7.58. The zero-order chi connectivity index (χ0) is 20.3. The zero-order valence-corrected chi connectivity index (χ0v) is 17.4. The quantitative estimate of drug-likeness (QED) is 0.422. The smallest absolute Gasteiger partial charge is 0.184 e. The number of thiazole rings is 1. The molecule has 1 aliphatic carbocycles. The number of aromatic nitrogens is 3. The first-order valence-electron chi connectivity index (χ1n) is 10.3. The van der Waals surface area contributed by atoms with E-state index in [0.29, 0.717) is 11.9 Å². The molecule has 0 aliphatic heterocycles. The lowest BCUT2D eigenvalue weighted by atomic mass is 9.96. The molecule has 152 valence electrons. The summed E-state index contributed by atoms with van der Waals surface area (Å²) < 4.78 is 7.22. The Morgan fingerprint density at radius 1 is 0.967 bits per heavy atom. The van der Waals surface area contributed by atoms with Crippen molar-refractivity contribution in [3.63, 3.8) is 0 Å². The number of nitrogens with zero attached hydrogens (tertiary/aromatic N) is 3. The number of fused-ring (bicyclic) bond motifs is 1. The molecule has 0 saturated heterocycles. The molecule has 6 nitrogen and oxygen atoms in total. The number of ether oxygens (including phenoxy) is 1. The maximum Gasteiger partial charge on any atom is 0.184 e. The summed E-state index contributed by atoms with van der Waals surface area (Å²) in [4.78, 5) is 13.3. The van der Waals surface area contributed by atoms with Crippen molar-refractivity contribution in [3.8, 4) is 22.8 Å². The fourth-order valence-electron chi connectivity index (χ4n) is 3.78. The molecule has 1 aliphatic rings. The molecule has 0 bridgehead atoms. The highest BCUT2D eigenvalue weighted by Crippen LogP contribution is 2.33. The standard InChI is InChI=1S/C23H23N5OS/c24-22-9-6-15(14-26-22)20-12-18(10-11-25-20)29-17-7-8-19-21(13-17)30-23(28-19)27-16-4-2-1-3-5-16/h6-14,16H,1-5H2,(H2,24,26)(H,27,28). The molecule has 3 N–H and O–H groups in total. The minimum atomic E-state index is 0.487. The Balaban J connectivity index is 1.34. The number of nitrogen functional groups attached to an aromatic ring is 1. The SMILES string of the molecule is Nc1ccc(-c2cc(Oc3ccc4nc(NC5CCCCC5)sc4c3)ccn2)cn1. The molecule has 0 unspecified atom stereocenters. The Morgan fingerprint density at radius 2 is 1.83 bits per heavy atom. The van der Waals surface area contributed by atoms with Crippen LogP contribution in [0.3, 0.4) is 0 Å². The van der Waals surface area contributed by atoms with Crippen LogP contribution in [0.15, 0.2) is 54.9 Å². The van der Waals surface area contributed by atoms with Crippen molar-refractivity contribution in [2.24, 2.45) is 0 Å². The average molecular weight is 418 g/mol. The number of rotatable bonds is 5. The molecule has 1 fully saturated rings. The second kappa shape index (κ2) is 8.28. The highest BCUT2D eigenvalue weighted by atomic mass is 32.1. The molecule has 1 aromatic carbocycles. The first-order chi connectivity index (χ1) is 14.7. The first kappa shape index (κ1) is 18.8. The maximum atomic E-state index is 6.10. The number of nitrogens with one attached hydrogen (secondary N) is 1. The Labute approximate surface area is 179 Å². The van der Waals surface area contributed by atoms with Crippen LogP contribution in [0.1, 0.15) is 32.1 Å². The summed E-state index contributed by atoms with van der Waals surface area (Å²) in [7, 11) is 0. The molecular formula is C23H23N5OS. The Kier molecular flexibility index (Phi) is 5.19. The first-order valence-corrected chi connectivity index (χ1v) is 11.1. The third-order valence-electron chi connectivity index (χ3n) is 5.34. The molecular weight excluding hydrogens is 394 g/mol. The van der Waals surface area contributed by atoms with Crippen molar-refractivity contribution in [2.75, 3.05) is 11.1 Å². The van der Waals surface area contributed by atoms with Crippen LogP contribution >= 0.6 is 11.3 Å². The summed E-state index contributed by atoms with van der Waals surface area (Å²) >= 11 is 1.68. The van der Waals surface area contributed by atoms with Gasteiger partial charge in [-0.15, -0.1) is 0 Å². The lowest BCUT2D eigenvalue weighted by Crippen LogP contribution is -2.21. The van der Waals surface area contributed by atoms with Gasteiger partial charge >= 0.3 is 0 Å². The molecule has 30 heavy (non-hydrogen) atoms. The van der Waals surface area contributed by atoms with Gasteiger partial charge in [-0.2, -0.15) is 0 Å². The van der Waals surface area contributed by atoms with Crippen molar-refractivity contribution in [2.45, 2.75) is 38.1 Å². The normalized spacial score (nSPS) is 14.7. The van der Waals surface area contributed by atoms with Crippen molar-refractivity contribution in [1.82, 2.24) is 15.0 Å². The summed E-state index contributed by atoms with van der Waals surface area (Å²) in [6.45, 7) is 0. The minimum Gasteiger partial charge on any atom is -0.457 e. The van der Waals surface area contributed by atoms with Gasteiger partial charge in [-0.25, -0.2) is 9.97 Å². The van der Waals surface area contributed by atoms with Crippen molar-refractivity contribution in [3.05, 3.63) is 54.9 Å². The van der Waals surface area contributed by atoms with Gasteiger partial charge in [-0.3, -0.25) is 4.98 Å². The molecule has 3 heterocycles. The Bertz CT molecular complexity index is 1150. The largest absolute Gasteiger partial charge is 0.457 e. The third kappa shape index (κ3) is 4.21. The van der Waals surface area contributed by atoms with Crippen LogP contribution < -0.4 is 15.8 Å². The maximum absolute atomic E-state index is 6.10. The summed E-state index contributed by atoms with van der Waals surface area (Å²) in [5.41, 5.74) is 8.35. The second-order valence-corrected chi connectivity index (χ2v) is 8.61. The fourth-order valence-corrected chi connectivity index (χ4v) is 4.75. The van der Waals surface area contributed by atoms with Crippen LogP contribution in [-0.4, -0.2) is 21.0 Å². The van der Waals surface area contributed by atoms with Gasteiger partial charge in [0.2, 0.25) is 0 Å². The zero-order valence-electron chi connectivity index (χ0n) is 16.5. The van der Waals surface area contributed by atoms with E-state index in [1.807, 2.05) is 36.4 Å². The summed E-state index contributed by atoms with van der Waals surface area (Å²) in [6.07, 6.45) is 9.88. The third-order valence-corrected chi connectivity index (χ3v) is 6.29. The van der Waals surface area contributed by atoms with Crippen LogP contribution in [0.4, 0.5) is 10.9 Å². The van der Waals surface area contributed by atoms with E-state index in [1.165, 1.54) is 32.1 Å². The molecule has 5 rings (SSSR count).